The van der Waals surface area contributed by atoms with Crippen molar-refractivity contribution in [2.24, 2.45) is 0 Å². The second kappa shape index (κ2) is 7.87. The van der Waals surface area contributed by atoms with Crippen LogP contribution < -0.4 is 10.6 Å². The number of hydrogen-bond donors (Lipinski definition) is 2. The molecule has 3 aromatic rings. The Balaban J connectivity index is 1.48. The van der Waals surface area contributed by atoms with E-state index in [1.807, 2.05) is 30.3 Å². The predicted molar refractivity (Wildman–Crippen MR) is 93.0 cm³/mol. The quantitative estimate of drug-likeness (QED) is 0.717. The molecule has 7 heteroatoms. The summed E-state index contributed by atoms with van der Waals surface area (Å²) in [7, 11) is 0. The van der Waals surface area contributed by atoms with Crippen molar-refractivity contribution < 1.29 is 9.59 Å². The monoisotopic (exact) mass is 335 g/mol. The summed E-state index contributed by atoms with van der Waals surface area (Å²) in [5.41, 5.74) is 2.23. The minimum Gasteiger partial charge on any atom is -0.343 e. The molecular formula is C18H17N5O2. The highest BCUT2D eigenvalue weighted by molar-refractivity contribution is 5.99. The van der Waals surface area contributed by atoms with Crippen LogP contribution >= 0.6 is 0 Å². The van der Waals surface area contributed by atoms with Gasteiger partial charge in [-0.15, -0.1) is 0 Å². The Morgan fingerprint density at radius 1 is 1.00 bits per heavy atom. The van der Waals surface area contributed by atoms with E-state index in [0.717, 1.165) is 5.56 Å². The Morgan fingerprint density at radius 3 is 2.44 bits per heavy atom. The molecule has 0 unspecified atom stereocenters. The SMILES string of the molecule is O=C(CNC(=O)c1ccccc1)Nc1ccc(Cn2cncn2)cc1. The van der Waals surface area contributed by atoms with Crippen LogP contribution in [0, 0.1) is 0 Å². The van der Waals surface area contributed by atoms with Gasteiger partial charge in [-0.3, -0.25) is 9.59 Å². The van der Waals surface area contributed by atoms with Crippen LogP contribution in [0.5, 0.6) is 0 Å². The Bertz CT molecular complexity index is 830. The standard InChI is InChI=1S/C18H17N5O2/c24-17(10-20-18(25)15-4-2-1-3-5-15)22-16-8-6-14(7-9-16)11-23-13-19-12-21-23/h1-9,12-13H,10-11H2,(H,20,25)(H,22,24). The fraction of sp³-hybridized carbons (Fsp3) is 0.111. The lowest BCUT2D eigenvalue weighted by atomic mass is 10.2. The van der Waals surface area contributed by atoms with Gasteiger partial charge in [0.25, 0.3) is 5.91 Å². The summed E-state index contributed by atoms with van der Waals surface area (Å²) < 4.78 is 1.71. The van der Waals surface area contributed by atoms with Crippen LogP contribution in [0.15, 0.2) is 67.3 Å². The highest BCUT2D eigenvalue weighted by Gasteiger charge is 2.07. The number of hydrogen-bond acceptors (Lipinski definition) is 4. The number of carbonyl (C=O) groups excluding carboxylic acids is 2. The van der Waals surface area contributed by atoms with Crippen LogP contribution in [0.25, 0.3) is 0 Å². The van der Waals surface area contributed by atoms with E-state index in [-0.39, 0.29) is 18.4 Å². The maximum atomic E-state index is 11.9. The summed E-state index contributed by atoms with van der Waals surface area (Å²) in [4.78, 5) is 27.7. The molecule has 0 atom stereocenters. The second-order valence-corrected chi connectivity index (χ2v) is 5.39. The molecule has 2 N–H and O–H groups in total. The highest BCUT2D eigenvalue weighted by atomic mass is 16.2. The molecule has 0 aliphatic heterocycles. The zero-order valence-electron chi connectivity index (χ0n) is 13.4. The highest BCUT2D eigenvalue weighted by Crippen LogP contribution is 2.10. The largest absolute Gasteiger partial charge is 0.343 e. The average Bonchev–Trinajstić information content (AvgIpc) is 3.15. The van der Waals surface area contributed by atoms with Crippen molar-refractivity contribution in [1.29, 1.82) is 0 Å². The van der Waals surface area contributed by atoms with Gasteiger partial charge in [-0.25, -0.2) is 9.67 Å². The molecule has 1 heterocycles. The van der Waals surface area contributed by atoms with Gasteiger partial charge in [0.2, 0.25) is 5.91 Å². The number of amides is 2. The van der Waals surface area contributed by atoms with Gasteiger partial charge in [-0.05, 0) is 29.8 Å². The van der Waals surface area contributed by atoms with Gasteiger partial charge >= 0.3 is 0 Å². The maximum Gasteiger partial charge on any atom is 0.251 e. The van der Waals surface area contributed by atoms with Gasteiger partial charge in [0.05, 0.1) is 13.1 Å². The molecule has 1 aromatic heterocycles. The van der Waals surface area contributed by atoms with Crippen LogP contribution in [0.3, 0.4) is 0 Å². The summed E-state index contributed by atoms with van der Waals surface area (Å²) >= 11 is 0. The fourth-order valence-corrected chi connectivity index (χ4v) is 2.25. The van der Waals surface area contributed by atoms with Gasteiger partial charge in [0.1, 0.15) is 12.7 Å². The maximum absolute atomic E-state index is 11.9. The van der Waals surface area contributed by atoms with E-state index in [1.165, 1.54) is 6.33 Å². The van der Waals surface area contributed by atoms with Gasteiger partial charge < -0.3 is 10.6 Å². The molecule has 0 radical (unpaired) electrons. The molecule has 0 aliphatic carbocycles. The van der Waals surface area contributed by atoms with Crippen molar-refractivity contribution in [2.75, 3.05) is 11.9 Å². The molecule has 2 amide bonds. The molecule has 3 rings (SSSR count). The van der Waals surface area contributed by atoms with E-state index in [1.54, 1.807) is 35.3 Å². The third kappa shape index (κ3) is 4.74. The van der Waals surface area contributed by atoms with Crippen LogP contribution in [0.2, 0.25) is 0 Å². The van der Waals surface area contributed by atoms with Gasteiger partial charge in [-0.2, -0.15) is 5.10 Å². The number of benzene rings is 2. The van der Waals surface area contributed by atoms with E-state index in [4.69, 9.17) is 0 Å². The Labute approximate surface area is 144 Å². The minimum absolute atomic E-state index is 0.0889. The van der Waals surface area contributed by atoms with Crippen molar-refractivity contribution in [3.8, 4) is 0 Å². The van der Waals surface area contributed by atoms with Crippen molar-refractivity contribution in [3.63, 3.8) is 0 Å². The van der Waals surface area contributed by atoms with Crippen molar-refractivity contribution in [3.05, 3.63) is 78.4 Å². The van der Waals surface area contributed by atoms with Crippen LogP contribution in [0.4, 0.5) is 5.69 Å². The molecule has 0 saturated heterocycles. The summed E-state index contributed by atoms with van der Waals surface area (Å²) in [6, 6.07) is 16.2. The molecule has 7 nitrogen and oxygen atoms in total. The third-order valence-electron chi connectivity index (χ3n) is 3.49. The molecule has 25 heavy (non-hydrogen) atoms. The smallest absolute Gasteiger partial charge is 0.251 e. The Kier molecular flexibility index (Phi) is 5.16. The number of nitrogens with zero attached hydrogens (tertiary/aromatic N) is 3. The molecule has 0 aliphatic rings. The molecule has 0 saturated carbocycles. The van der Waals surface area contributed by atoms with E-state index in [9.17, 15) is 9.59 Å². The third-order valence-corrected chi connectivity index (χ3v) is 3.49. The fourth-order valence-electron chi connectivity index (χ4n) is 2.25. The second-order valence-electron chi connectivity index (χ2n) is 5.39. The number of nitrogens with one attached hydrogen (secondary N) is 2. The normalized spacial score (nSPS) is 10.2. The Morgan fingerprint density at radius 2 is 1.76 bits per heavy atom. The number of rotatable bonds is 6. The molecule has 0 fully saturated rings. The lowest BCUT2D eigenvalue weighted by Gasteiger charge is -2.08. The summed E-state index contributed by atoms with van der Waals surface area (Å²) in [5.74, 6) is -0.563. The lowest BCUT2D eigenvalue weighted by molar-refractivity contribution is -0.115. The van der Waals surface area contributed by atoms with Gasteiger partial charge in [-0.1, -0.05) is 30.3 Å². The van der Waals surface area contributed by atoms with Crippen LogP contribution in [-0.2, 0) is 11.3 Å². The summed E-state index contributed by atoms with van der Waals surface area (Å²) in [5, 5.41) is 9.38. The molecule has 0 spiro atoms. The van der Waals surface area contributed by atoms with Crippen molar-refractivity contribution in [1.82, 2.24) is 20.1 Å². The summed E-state index contributed by atoms with van der Waals surface area (Å²) in [6.45, 7) is 0.524. The van der Waals surface area contributed by atoms with Crippen LogP contribution in [0.1, 0.15) is 15.9 Å². The van der Waals surface area contributed by atoms with Crippen LogP contribution in [-0.4, -0.2) is 33.1 Å². The summed E-state index contributed by atoms with van der Waals surface area (Å²) in [6.07, 6.45) is 3.13. The minimum atomic E-state index is -0.284. The van der Waals surface area contributed by atoms with Crippen molar-refractivity contribution in [2.45, 2.75) is 6.54 Å². The number of aromatic nitrogens is 3. The molecular weight excluding hydrogens is 318 g/mol. The first-order valence-corrected chi connectivity index (χ1v) is 7.75. The Hall–Kier alpha value is -3.48. The van der Waals surface area contributed by atoms with Crippen molar-refractivity contribution >= 4 is 17.5 Å². The van der Waals surface area contributed by atoms with E-state index in [0.29, 0.717) is 17.8 Å². The van der Waals surface area contributed by atoms with E-state index >= 15 is 0 Å². The first kappa shape index (κ1) is 16.4. The number of anilines is 1. The molecule has 126 valence electrons. The first-order valence-electron chi connectivity index (χ1n) is 7.75. The zero-order chi connectivity index (χ0) is 17.5. The number of carbonyl (C=O) groups is 2. The topological polar surface area (TPSA) is 88.9 Å². The van der Waals surface area contributed by atoms with E-state index < -0.39 is 0 Å². The lowest BCUT2D eigenvalue weighted by Crippen LogP contribution is -2.32. The zero-order valence-corrected chi connectivity index (χ0v) is 13.4. The molecule has 2 aromatic carbocycles. The average molecular weight is 335 g/mol. The first-order chi connectivity index (χ1) is 12.2. The molecule has 0 bridgehead atoms. The van der Waals surface area contributed by atoms with Gasteiger partial charge in [0, 0.05) is 11.3 Å². The van der Waals surface area contributed by atoms with Gasteiger partial charge in [0.15, 0.2) is 0 Å². The predicted octanol–water partition coefficient (Wildman–Crippen LogP) is 1.69. The van der Waals surface area contributed by atoms with E-state index in [2.05, 4.69) is 20.7 Å².